The third-order valence-corrected chi connectivity index (χ3v) is 2.99. The molecule has 0 radical (unpaired) electrons. The molecule has 3 N–H and O–H groups in total. The maximum Gasteiger partial charge on any atom is 0.000322 e. The number of nitrogens with two attached hydrogens (primary N) is 1. The van der Waals surface area contributed by atoms with Gasteiger partial charge in [-0.25, -0.2) is 0 Å². The van der Waals surface area contributed by atoms with Gasteiger partial charge in [-0.1, -0.05) is 41.5 Å². The summed E-state index contributed by atoms with van der Waals surface area (Å²) in [5.41, 5.74) is 6.33. The number of hydrogen-bond donors (Lipinski definition) is 2. The largest absolute Gasteiger partial charge is 0.330 e. The maximum absolute atomic E-state index is 5.61. The van der Waals surface area contributed by atoms with Gasteiger partial charge < -0.3 is 11.1 Å². The zero-order chi connectivity index (χ0) is 12.8. The summed E-state index contributed by atoms with van der Waals surface area (Å²) in [6.45, 7) is 16.8. The molecule has 16 heavy (non-hydrogen) atoms. The van der Waals surface area contributed by atoms with E-state index < -0.39 is 0 Å². The Bertz CT molecular complexity index is 183. The van der Waals surface area contributed by atoms with E-state index in [1.807, 2.05) is 0 Å². The fourth-order valence-electron chi connectivity index (χ4n) is 2.40. The minimum atomic E-state index is 0.322. The lowest BCUT2D eigenvalue weighted by Gasteiger charge is -2.30. The molecular formula is C14H32N2. The van der Waals surface area contributed by atoms with Crippen LogP contribution in [0.4, 0.5) is 0 Å². The smallest absolute Gasteiger partial charge is 0.000322 e. The second-order valence-electron chi connectivity index (χ2n) is 7.07. The van der Waals surface area contributed by atoms with Gasteiger partial charge in [0.15, 0.2) is 0 Å². The summed E-state index contributed by atoms with van der Waals surface area (Å²) in [6, 6.07) is 0. The zero-order valence-corrected chi connectivity index (χ0v) is 12.2. The first-order valence-electron chi connectivity index (χ1n) is 6.59. The number of rotatable bonds is 8. The van der Waals surface area contributed by atoms with Gasteiger partial charge >= 0.3 is 0 Å². The van der Waals surface area contributed by atoms with Crippen molar-refractivity contribution >= 4 is 0 Å². The van der Waals surface area contributed by atoms with Crippen molar-refractivity contribution < 1.29 is 0 Å². The molecule has 0 aromatic rings. The monoisotopic (exact) mass is 228 g/mol. The molecule has 0 atom stereocenters. The Labute approximate surface area is 102 Å². The minimum absolute atomic E-state index is 0.322. The molecule has 2 heteroatoms. The van der Waals surface area contributed by atoms with Crippen molar-refractivity contribution in [3.8, 4) is 0 Å². The highest BCUT2D eigenvalue weighted by Crippen LogP contribution is 2.25. The van der Waals surface area contributed by atoms with Gasteiger partial charge in [-0.15, -0.1) is 0 Å². The molecule has 0 rings (SSSR count). The molecule has 2 nitrogen and oxygen atoms in total. The molecule has 0 aromatic heterocycles. The maximum atomic E-state index is 5.61. The first kappa shape index (κ1) is 15.9. The number of nitrogens with one attached hydrogen (secondary N) is 1. The Morgan fingerprint density at radius 3 is 1.94 bits per heavy atom. The van der Waals surface area contributed by atoms with Crippen LogP contribution in [-0.2, 0) is 0 Å². The van der Waals surface area contributed by atoms with Crippen LogP contribution in [-0.4, -0.2) is 19.6 Å². The van der Waals surface area contributed by atoms with Crippen molar-refractivity contribution in [3.63, 3.8) is 0 Å². The Kier molecular flexibility index (Phi) is 6.57. The second-order valence-corrected chi connectivity index (χ2v) is 7.07. The highest BCUT2D eigenvalue weighted by Gasteiger charge is 2.21. The van der Waals surface area contributed by atoms with E-state index in [4.69, 9.17) is 5.73 Å². The molecule has 0 spiro atoms. The zero-order valence-electron chi connectivity index (χ0n) is 12.2. The normalized spacial score (nSPS) is 13.5. The van der Waals surface area contributed by atoms with E-state index in [1.165, 1.54) is 6.42 Å². The standard InChI is InChI=1S/C14H32N2/c1-12(2)9-14(5,6)11-16-10-13(3,4)7-8-15/h12,16H,7-11,15H2,1-6H3. The van der Waals surface area contributed by atoms with Crippen LogP contribution in [0.25, 0.3) is 0 Å². The Balaban J connectivity index is 3.88. The van der Waals surface area contributed by atoms with Crippen LogP contribution in [0.5, 0.6) is 0 Å². The van der Waals surface area contributed by atoms with E-state index in [2.05, 4.69) is 46.9 Å². The van der Waals surface area contributed by atoms with Gasteiger partial charge in [-0.05, 0) is 36.1 Å². The molecule has 0 heterocycles. The summed E-state index contributed by atoms with van der Waals surface area (Å²) in [6.07, 6.45) is 2.36. The predicted molar refractivity (Wildman–Crippen MR) is 73.6 cm³/mol. The molecule has 0 aromatic carbocycles. The Hall–Kier alpha value is -0.0800. The molecule has 98 valence electrons. The van der Waals surface area contributed by atoms with Gasteiger partial charge in [-0.2, -0.15) is 0 Å². The average molecular weight is 228 g/mol. The van der Waals surface area contributed by atoms with E-state index in [0.717, 1.165) is 32.0 Å². The van der Waals surface area contributed by atoms with Crippen LogP contribution >= 0.6 is 0 Å². The van der Waals surface area contributed by atoms with Gasteiger partial charge in [0.25, 0.3) is 0 Å². The highest BCUT2D eigenvalue weighted by atomic mass is 14.9. The molecule has 0 bridgehead atoms. The van der Waals surface area contributed by atoms with E-state index in [0.29, 0.717) is 10.8 Å². The van der Waals surface area contributed by atoms with Crippen LogP contribution < -0.4 is 11.1 Å². The quantitative estimate of drug-likeness (QED) is 0.670. The first-order chi connectivity index (χ1) is 7.18. The summed E-state index contributed by atoms with van der Waals surface area (Å²) < 4.78 is 0. The Morgan fingerprint density at radius 2 is 1.50 bits per heavy atom. The number of hydrogen-bond acceptors (Lipinski definition) is 2. The summed E-state index contributed by atoms with van der Waals surface area (Å²) in [4.78, 5) is 0. The van der Waals surface area contributed by atoms with Crippen LogP contribution in [0, 0.1) is 16.7 Å². The molecule has 0 aliphatic heterocycles. The Morgan fingerprint density at radius 1 is 1.00 bits per heavy atom. The molecule has 0 aliphatic carbocycles. The molecule has 0 amide bonds. The van der Waals surface area contributed by atoms with Crippen LogP contribution in [0.1, 0.15) is 54.4 Å². The first-order valence-corrected chi connectivity index (χ1v) is 6.59. The lowest BCUT2D eigenvalue weighted by molar-refractivity contribution is 0.244. The van der Waals surface area contributed by atoms with Gasteiger partial charge in [-0.3, -0.25) is 0 Å². The topological polar surface area (TPSA) is 38.0 Å². The lowest BCUT2D eigenvalue weighted by Crippen LogP contribution is -2.37. The lowest BCUT2D eigenvalue weighted by atomic mass is 9.83. The highest BCUT2D eigenvalue weighted by molar-refractivity contribution is 4.77. The average Bonchev–Trinajstić information content (AvgIpc) is 1.99. The van der Waals surface area contributed by atoms with Gasteiger partial charge in [0, 0.05) is 13.1 Å². The molecular weight excluding hydrogens is 196 g/mol. The molecule has 0 saturated carbocycles. The minimum Gasteiger partial charge on any atom is -0.330 e. The fraction of sp³-hybridized carbons (Fsp3) is 1.00. The predicted octanol–water partition coefficient (Wildman–Crippen LogP) is 3.02. The van der Waals surface area contributed by atoms with Crippen LogP contribution in [0.3, 0.4) is 0 Å². The van der Waals surface area contributed by atoms with E-state index in [1.54, 1.807) is 0 Å². The van der Waals surface area contributed by atoms with Crippen LogP contribution in [0.2, 0.25) is 0 Å². The van der Waals surface area contributed by atoms with Gasteiger partial charge in [0.05, 0.1) is 0 Å². The third-order valence-electron chi connectivity index (χ3n) is 2.99. The summed E-state index contributed by atoms with van der Waals surface area (Å²) in [5.74, 6) is 0.772. The van der Waals surface area contributed by atoms with E-state index in [9.17, 15) is 0 Å². The summed E-state index contributed by atoms with van der Waals surface area (Å²) in [5, 5.41) is 3.60. The van der Waals surface area contributed by atoms with Crippen molar-refractivity contribution in [2.24, 2.45) is 22.5 Å². The molecule has 0 saturated heterocycles. The van der Waals surface area contributed by atoms with Gasteiger partial charge in [0.2, 0.25) is 0 Å². The van der Waals surface area contributed by atoms with Crippen molar-refractivity contribution in [3.05, 3.63) is 0 Å². The second kappa shape index (κ2) is 6.61. The molecule has 0 aliphatic rings. The third kappa shape index (κ3) is 8.12. The van der Waals surface area contributed by atoms with E-state index >= 15 is 0 Å². The molecule has 0 fully saturated rings. The van der Waals surface area contributed by atoms with Crippen LogP contribution in [0.15, 0.2) is 0 Å². The SMILES string of the molecule is CC(C)CC(C)(C)CNCC(C)(C)CCN. The van der Waals surface area contributed by atoms with Gasteiger partial charge in [0.1, 0.15) is 0 Å². The van der Waals surface area contributed by atoms with E-state index in [-0.39, 0.29) is 0 Å². The van der Waals surface area contributed by atoms with Crippen molar-refractivity contribution in [2.75, 3.05) is 19.6 Å². The molecule has 0 unspecified atom stereocenters. The van der Waals surface area contributed by atoms with Crippen molar-refractivity contribution in [1.29, 1.82) is 0 Å². The van der Waals surface area contributed by atoms with Crippen molar-refractivity contribution in [2.45, 2.75) is 54.4 Å². The van der Waals surface area contributed by atoms with Crippen molar-refractivity contribution in [1.82, 2.24) is 5.32 Å². The summed E-state index contributed by atoms with van der Waals surface area (Å²) >= 11 is 0. The summed E-state index contributed by atoms with van der Waals surface area (Å²) in [7, 11) is 0. The fourth-order valence-corrected chi connectivity index (χ4v) is 2.40.